The van der Waals surface area contributed by atoms with Crippen molar-refractivity contribution in [2.24, 2.45) is 0 Å². The topological polar surface area (TPSA) is 56.5 Å². The van der Waals surface area contributed by atoms with Crippen molar-refractivity contribution < 1.29 is 13.9 Å². The van der Waals surface area contributed by atoms with E-state index in [1.807, 2.05) is 44.2 Å². The molecule has 0 aliphatic rings. The van der Waals surface area contributed by atoms with Gasteiger partial charge in [-0.1, -0.05) is 44.2 Å². The first kappa shape index (κ1) is 17.0. The van der Waals surface area contributed by atoms with Crippen LogP contribution < -0.4 is 10.4 Å². The molecule has 0 radical (unpaired) electrons. The predicted octanol–water partition coefficient (Wildman–Crippen LogP) is 4.40. The molecule has 1 heterocycles. The minimum atomic E-state index is -0.582. The number of hydrogen-bond donors (Lipinski definition) is 0. The molecule has 0 bridgehead atoms. The molecule has 128 valence electrons. The average molecular weight is 336 g/mol. The highest BCUT2D eigenvalue weighted by atomic mass is 16.5. The van der Waals surface area contributed by atoms with Gasteiger partial charge in [-0.25, -0.2) is 4.79 Å². The van der Waals surface area contributed by atoms with Crippen molar-refractivity contribution in [3.8, 4) is 5.75 Å². The lowest BCUT2D eigenvalue weighted by Gasteiger charge is -2.17. The van der Waals surface area contributed by atoms with Crippen molar-refractivity contribution in [3.05, 3.63) is 76.1 Å². The number of ether oxygens (including phenoxy) is 1. The zero-order chi connectivity index (χ0) is 17.8. The smallest absolute Gasteiger partial charge is 0.336 e. The first-order chi connectivity index (χ1) is 12.1. The number of benzene rings is 2. The molecule has 0 spiro atoms. The lowest BCUT2D eigenvalue weighted by atomic mass is 10.0. The van der Waals surface area contributed by atoms with Crippen LogP contribution in [0.4, 0.5) is 0 Å². The summed E-state index contributed by atoms with van der Waals surface area (Å²) >= 11 is 0. The Morgan fingerprint density at radius 3 is 2.52 bits per heavy atom. The molecule has 1 atom stereocenters. The Morgan fingerprint density at radius 1 is 1.08 bits per heavy atom. The molecule has 3 rings (SSSR count). The van der Waals surface area contributed by atoms with Gasteiger partial charge in [0.1, 0.15) is 11.3 Å². The van der Waals surface area contributed by atoms with Crippen LogP contribution in [0.1, 0.15) is 36.2 Å². The van der Waals surface area contributed by atoms with E-state index in [2.05, 4.69) is 0 Å². The minimum absolute atomic E-state index is 0.0630. The molecule has 0 saturated carbocycles. The molecule has 0 amide bonds. The minimum Gasteiger partial charge on any atom is -0.482 e. The number of rotatable bonds is 6. The third-order valence-electron chi connectivity index (χ3n) is 4.18. The fourth-order valence-corrected chi connectivity index (χ4v) is 2.85. The van der Waals surface area contributed by atoms with Crippen LogP contribution >= 0.6 is 0 Å². The monoisotopic (exact) mass is 336 g/mol. The van der Waals surface area contributed by atoms with Gasteiger partial charge in [0.15, 0.2) is 6.10 Å². The maximum absolute atomic E-state index is 12.6. The number of carbonyl (C=O) groups is 1. The molecule has 1 aromatic heterocycles. The molecule has 1 unspecified atom stereocenters. The summed E-state index contributed by atoms with van der Waals surface area (Å²) in [7, 11) is 0. The summed E-state index contributed by atoms with van der Waals surface area (Å²) in [5, 5.41) is 0.886. The summed E-state index contributed by atoms with van der Waals surface area (Å²) in [4.78, 5) is 24.3. The molecule has 4 nitrogen and oxygen atoms in total. The normalized spacial score (nSPS) is 12.1. The van der Waals surface area contributed by atoms with Crippen LogP contribution in [0.3, 0.4) is 0 Å². The van der Waals surface area contributed by atoms with Crippen molar-refractivity contribution >= 4 is 16.8 Å². The summed E-state index contributed by atoms with van der Waals surface area (Å²) in [5.74, 6) is 0.451. The van der Waals surface area contributed by atoms with E-state index in [1.54, 1.807) is 18.2 Å². The van der Waals surface area contributed by atoms with Gasteiger partial charge in [-0.05, 0) is 30.5 Å². The molecule has 0 aliphatic carbocycles. The lowest BCUT2D eigenvalue weighted by Crippen LogP contribution is -2.26. The third-order valence-corrected chi connectivity index (χ3v) is 4.18. The van der Waals surface area contributed by atoms with Crippen molar-refractivity contribution in [3.63, 3.8) is 0 Å². The van der Waals surface area contributed by atoms with Gasteiger partial charge in [0.05, 0.1) is 0 Å². The number of Topliss-reactive ketones (excluding diaryl/α,β-unsaturated/α-hetero) is 1. The molecule has 0 saturated heterocycles. The van der Waals surface area contributed by atoms with E-state index in [0.717, 1.165) is 17.4 Å². The van der Waals surface area contributed by atoms with Gasteiger partial charge in [0, 0.05) is 23.1 Å². The second-order valence-electron chi connectivity index (χ2n) is 5.85. The summed E-state index contributed by atoms with van der Waals surface area (Å²) < 4.78 is 11.2. The fraction of sp³-hybridized carbons (Fsp3) is 0.238. The van der Waals surface area contributed by atoms with Crippen LogP contribution in [0.5, 0.6) is 5.75 Å². The molecular formula is C21H20O4. The van der Waals surface area contributed by atoms with E-state index < -0.39 is 6.10 Å². The summed E-state index contributed by atoms with van der Waals surface area (Å²) in [6, 6.07) is 16.0. The molecule has 4 heteroatoms. The number of aryl methyl sites for hydroxylation is 1. The summed E-state index contributed by atoms with van der Waals surface area (Å²) in [6.07, 6.45) is 0.706. The number of ketones is 1. The van der Waals surface area contributed by atoms with Crippen LogP contribution in [0.2, 0.25) is 0 Å². The quantitative estimate of drug-likeness (QED) is 0.495. The zero-order valence-corrected chi connectivity index (χ0v) is 14.3. The summed E-state index contributed by atoms with van der Waals surface area (Å²) in [6.45, 7) is 3.89. The van der Waals surface area contributed by atoms with Gasteiger partial charge in [0.2, 0.25) is 5.78 Å². The number of fused-ring (bicyclic) bond motifs is 1. The first-order valence-electron chi connectivity index (χ1n) is 8.45. The van der Waals surface area contributed by atoms with Crippen molar-refractivity contribution in [2.45, 2.75) is 32.8 Å². The van der Waals surface area contributed by atoms with Crippen LogP contribution in [-0.4, -0.2) is 11.9 Å². The lowest BCUT2D eigenvalue weighted by molar-refractivity contribution is 0.0786. The zero-order valence-electron chi connectivity index (χ0n) is 14.3. The highest BCUT2D eigenvalue weighted by Crippen LogP contribution is 2.24. The maximum atomic E-state index is 12.6. The van der Waals surface area contributed by atoms with Gasteiger partial charge in [0.25, 0.3) is 0 Å². The first-order valence-corrected chi connectivity index (χ1v) is 8.45. The van der Waals surface area contributed by atoms with Gasteiger partial charge in [-0.3, -0.25) is 4.79 Å². The highest BCUT2D eigenvalue weighted by Gasteiger charge is 2.20. The number of carbonyl (C=O) groups excluding carboxylic acids is 1. The largest absolute Gasteiger partial charge is 0.482 e. The molecule has 0 N–H and O–H groups in total. The second-order valence-corrected chi connectivity index (χ2v) is 5.85. The molecule has 0 aliphatic heterocycles. The van der Waals surface area contributed by atoms with Crippen LogP contribution in [0.25, 0.3) is 11.0 Å². The Labute approximate surface area is 146 Å². The molecule has 0 fully saturated rings. The van der Waals surface area contributed by atoms with Gasteiger partial charge < -0.3 is 9.15 Å². The maximum Gasteiger partial charge on any atom is 0.336 e. The summed E-state index contributed by atoms with van der Waals surface area (Å²) in [5.41, 5.74) is 1.65. The Kier molecular flexibility index (Phi) is 4.98. The highest BCUT2D eigenvalue weighted by molar-refractivity contribution is 5.99. The third kappa shape index (κ3) is 3.63. The Morgan fingerprint density at radius 2 is 1.84 bits per heavy atom. The second kappa shape index (κ2) is 7.34. The average Bonchev–Trinajstić information content (AvgIpc) is 2.65. The van der Waals surface area contributed by atoms with Gasteiger partial charge in [-0.2, -0.15) is 0 Å². The SMILES string of the molecule is CCc1cc(=O)oc2cc(OC(CC)C(=O)c3ccccc3)ccc12. The standard InChI is InChI=1S/C21H20O4/c1-3-14-12-20(22)25-19-13-16(10-11-17(14)19)24-18(4-2)21(23)15-8-6-5-7-9-15/h5-13,18H,3-4H2,1-2H3. The Hall–Kier alpha value is -2.88. The van der Waals surface area contributed by atoms with E-state index in [-0.39, 0.29) is 11.4 Å². The van der Waals surface area contributed by atoms with Gasteiger partial charge >= 0.3 is 5.63 Å². The molecule has 3 aromatic rings. The van der Waals surface area contributed by atoms with Crippen molar-refractivity contribution in [2.75, 3.05) is 0 Å². The Bertz CT molecular complexity index is 941. The number of hydrogen-bond acceptors (Lipinski definition) is 4. The van der Waals surface area contributed by atoms with E-state index in [0.29, 0.717) is 23.3 Å². The van der Waals surface area contributed by atoms with Gasteiger partial charge in [-0.15, -0.1) is 0 Å². The van der Waals surface area contributed by atoms with Crippen molar-refractivity contribution in [1.82, 2.24) is 0 Å². The van der Waals surface area contributed by atoms with Crippen LogP contribution in [0, 0.1) is 0 Å². The molecule has 2 aromatic carbocycles. The van der Waals surface area contributed by atoms with Crippen LogP contribution in [0.15, 0.2) is 63.8 Å². The van der Waals surface area contributed by atoms with Crippen LogP contribution in [-0.2, 0) is 6.42 Å². The molecular weight excluding hydrogens is 316 g/mol. The van der Waals surface area contributed by atoms with E-state index in [1.165, 1.54) is 6.07 Å². The molecule has 25 heavy (non-hydrogen) atoms. The van der Waals surface area contributed by atoms with E-state index in [9.17, 15) is 9.59 Å². The van der Waals surface area contributed by atoms with E-state index >= 15 is 0 Å². The van der Waals surface area contributed by atoms with Crippen molar-refractivity contribution in [1.29, 1.82) is 0 Å². The fourth-order valence-electron chi connectivity index (χ4n) is 2.85. The Balaban J connectivity index is 1.91. The predicted molar refractivity (Wildman–Crippen MR) is 97.3 cm³/mol. The van der Waals surface area contributed by atoms with E-state index in [4.69, 9.17) is 9.15 Å².